The zero-order valence-electron chi connectivity index (χ0n) is 11.0. The number of nitrogens with one attached hydrogen (secondary N) is 1. The first-order valence-corrected chi connectivity index (χ1v) is 6.56. The number of nitrogens with zero attached hydrogens (tertiary/aromatic N) is 1. The molecule has 0 bridgehead atoms. The maximum atomic E-state index is 10.0. The van der Waals surface area contributed by atoms with Gasteiger partial charge in [-0.05, 0) is 50.5 Å². The topological polar surface area (TPSA) is 84.9 Å². The minimum atomic E-state index is -0.502. The quantitative estimate of drug-likeness (QED) is 0.782. The molecule has 0 radical (unpaired) electrons. The van der Waals surface area contributed by atoms with Crippen LogP contribution in [-0.4, -0.2) is 16.7 Å². The van der Waals surface area contributed by atoms with Crippen molar-refractivity contribution in [2.75, 3.05) is 6.54 Å². The Hall–Kier alpha value is -1.36. The van der Waals surface area contributed by atoms with Crippen molar-refractivity contribution < 1.29 is 4.52 Å². The first-order chi connectivity index (χ1) is 8.63. The van der Waals surface area contributed by atoms with E-state index in [1.807, 2.05) is 0 Å². The zero-order chi connectivity index (χ0) is 13.1. The van der Waals surface area contributed by atoms with Crippen LogP contribution in [0.25, 0.3) is 0 Å². The molecule has 1 aromatic rings. The number of nitrogens with two attached hydrogens (primary N) is 1. The Balaban J connectivity index is 0.000000149. The van der Waals surface area contributed by atoms with Crippen LogP contribution < -0.4 is 11.5 Å². The van der Waals surface area contributed by atoms with Crippen LogP contribution in [0.5, 0.6) is 0 Å². The molecule has 2 aliphatic rings. The molecule has 18 heavy (non-hydrogen) atoms. The van der Waals surface area contributed by atoms with Gasteiger partial charge in [0.25, 0.3) is 0 Å². The third-order valence-electron chi connectivity index (χ3n) is 3.95. The van der Waals surface area contributed by atoms with Crippen LogP contribution in [0.1, 0.15) is 32.0 Å². The van der Waals surface area contributed by atoms with Crippen molar-refractivity contribution in [1.82, 2.24) is 10.1 Å². The lowest BCUT2D eigenvalue weighted by atomic mass is 9.66. The zero-order valence-corrected chi connectivity index (χ0v) is 11.0. The summed E-state index contributed by atoms with van der Waals surface area (Å²) in [4.78, 5) is 12.3. The summed E-state index contributed by atoms with van der Waals surface area (Å²) in [5, 5.41) is 3.27. The van der Waals surface area contributed by atoms with E-state index in [1.165, 1.54) is 19.3 Å². The number of fused-ring (bicyclic) bond motifs is 1. The van der Waals surface area contributed by atoms with Gasteiger partial charge in [-0.2, -0.15) is 0 Å². The number of aryl methyl sites for hydroxylation is 1. The fourth-order valence-electron chi connectivity index (χ4n) is 2.88. The molecule has 3 rings (SSSR count). The lowest BCUT2D eigenvalue weighted by Crippen LogP contribution is -2.37. The van der Waals surface area contributed by atoms with E-state index in [2.05, 4.69) is 27.7 Å². The fourth-order valence-corrected chi connectivity index (χ4v) is 2.88. The molecule has 2 aliphatic carbocycles. The van der Waals surface area contributed by atoms with Gasteiger partial charge in [-0.25, -0.2) is 4.79 Å². The number of allylic oxidation sites excluding steroid dienone is 2. The molecule has 0 aromatic carbocycles. The molecular weight excluding hydrogens is 230 g/mol. The van der Waals surface area contributed by atoms with Crippen molar-refractivity contribution in [1.29, 1.82) is 0 Å². The van der Waals surface area contributed by atoms with Crippen molar-refractivity contribution in [3.8, 4) is 0 Å². The molecule has 1 saturated carbocycles. The molecule has 1 fully saturated rings. The predicted octanol–water partition coefficient (Wildman–Crippen LogP) is 1.61. The van der Waals surface area contributed by atoms with Gasteiger partial charge in [-0.1, -0.05) is 23.7 Å². The monoisotopic (exact) mass is 251 g/mol. The van der Waals surface area contributed by atoms with Gasteiger partial charge in [0.2, 0.25) is 0 Å². The highest BCUT2D eigenvalue weighted by molar-refractivity contribution is 5.19. The Morgan fingerprint density at radius 3 is 2.83 bits per heavy atom. The summed E-state index contributed by atoms with van der Waals surface area (Å²) in [5.74, 6) is 2.68. The Bertz CT molecular complexity index is 475. The largest absolute Gasteiger partial charge is 0.438 e. The lowest BCUT2D eigenvalue weighted by molar-refractivity contribution is 0.137. The van der Waals surface area contributed by atoms with Crippen molar-refractivity contribution in [3.63, 3.8) is 0 Å². The van der Waals surface area contributed by atoms with Gasteiger partial charge in [-0.3, -0.25) is 9.51 Å². The van der Waals surface area contributed by atoms with E-state index < -0.39 is 5.76 Å². The normalized spacial score (nSPS) is 28.8. The number of hydrogen-bond donors (Lipinski definition) is 2. The van der Waals surface area contributed by atoms with Crippen LogP contribution in [0.3, 0.4) is 0 Å². The van der Waals surface area contributed by atoms with Crippen LogP contribution >= 0.6 is 0 Å². The Morgan fingerprint density at radius 2 is 2.39 bits per heavy atom. The standard InChI is InChI=1S/C10H17N.C3H4N2O2/c1-2-7-3-8-5-9(6-11)10(8)4-7;1-2-4-3(6)7-5-2/h4,8-10H,2-3,5-6,11H2,1H3;1H3,(H,4,5,6). The average molecular weight is 251 g/mol. The van der Waals surface area contributed by atoms with Gasteiger partial charge in [-0.15, -0.1) is 0 Å². The maximum absolute atomic E-state index is 10.0. The molecule has 3 unspecified atom stereocenters. The highest BCUT2D eigenvalue weighted by Crippen LogP contribution is 2.49. The van der Waals surface area contributed by atoms with E-state index in [0.717, 1.165) is 24.3 Å². The molecule has 100 valence electrons. The average Bonchev–Trinajstić information content (AvgIpc) is 2.86. The molecule has 0 saturated heterocycles. The SMILES string of the molecule is CCC1=CC2C(CN)CC2C1.Cc1noc(=O)[nH]1. The van der Waals surface area contributed by atoms with Crippen LogP contribution in [-0.2, 0) is 0 Å². The van der Waals surface area contributed by atoms with E-state index in [-0.39, 0.29) is 0 Å². The Kier molecular flexibility index (Phi) is 4.01. The first kappa shape index (κ1) is 13.1. The minimum Gasteiger partial charge on any atom is -0.330 e. The van der Waals surface area contributed by atoms with Gasteiger partial charge >= 0.3 is 5.76 Å². The molecule has 0 amide bonds. The second-order valence-electron chi connectivity index (χ2n) is 5.13. The molecule has 0 aliphatic heterocycles. The minimum absolute atomic E-state index is 0.502. The van der Waals surface area contributed by atoms with Gasteiger partial charge < -0.3 is 5.73 Å². The molecule has 1 aromatic heterocycles. The van der Waals surface area contributed by atoms with Gasteiger partial charge in [0.05, 0.1) is 0 Å². The van der Waals surface area contributed by atoms with Gasteiger partial charge in [0, 0.05) is 0 Å². The number of H-pyrrole nitrogens is 1. The second kappa shape index (κ2) is 5.52. The summed E-state index contributed by atoms with van der Waals surface area (Å²) >= 11 is 0. The fraction of sp³-hybridized carbons (Fsp3) is 0.692. The van der Waals surface area contributed by atoms with Crippen molar-refractivity contribution >= 4 is 0 Å². The smallest absolute Gasteiger partial charge is 0.330 e. The number of aromatic amines is 1. The second-order valence-corrected chi connectivity index (χ2v) is 5.13. The van der Waals surface area contributed by atoms with E-state index in [9.17, 15) is 4.79 Å². The number of aromatic nitrogens is 2. The highest BCUT2D eigenvalue weighted by atomic mass is 16.5. The van der Waals surface area contributed by atoms with E-state index in [1.54, 1.807) is 12.5 Å². The van der Waals surface area contributed by atoms with Crippen molar-refractivity contribution in [3.05, 3.63) is 28.0 Å². The van der Waals surface area contributed by atoms with Crippen LogP contribution in [0.4, 0.5) is 0 Å². The summed E-state index contributed by atoms with van der Waals surface area (Å²) in [6, 6.07) is 0. The predicted molar refractivity (Wildman–Crippen MR) is 69.0 cm³/mol. The van der Waals surface area contributed by atoms with E-state index in [0.29, 0.717) is 5.82 Å². The summed E-state index contributed by atoms with van der Waals surface area (Å²) in [6.45, 7) is 4.80. The number of rotatable bonds is 2. The van der Waals surface area contributed by atoms with Crippen LogP contribution in [0.2, 0.25) is 0 Å². The van der Waals surface area contributed by atoms with Gasteiger partial charge in [0.1, 0.15) is 5.82 Å². The summed E-state index contributed by atoms with van der Waals surface area (Å²) in [6.07, 6.45) is 6.51. The molecule has 3 atom stereocenters. The first-order valence-electron chi connectivity index (χ1n) is 6.56. The molecular formula is C13H21N3O2. The summed E-state index contributed by atoms with van der Waals surface area (Å²) < 4.78 is 4.10. The Morgan fingerprint density at radius 1 is 1.61 bits per heavy atom. The van der Waals surface area contributed by atoms with Crippen molar-refractivity contribution in [2.24, 2.45) is 23.5 Å². The molecule has 1 heterocycles. The molecule has 5 nitrogen and oxygen atoms in total. The van der Waals surface area contributed by atoms with Crippen LogP contribution in [0, 0.1) is 24.7 Å². The molecule has 5 heteroatoms. The van der Waals surface area contributed by atoms with Crippen molar-refractivity contribution in [2.45, 2.75) is 33.1 Å². The van der Waals surface area contributed by atoms with Crippen LogP contribution in [0.15, 0.2) is 21.0 Å². The number of hydrogen-bond acceptors (Lipinski definition) is 4. The van der Waals surface area contributed by atoms with E-state index in [4.69, 9.17) is 5.73 Å². The highest BCUT2D eigenvalue weighted by Gasteiger charge is 2.41. The third-order valence-corrected chi connectivity index (χ3v) is 3.95. The third kappa shape index (κ3) is 2.72. The van der Waals surface area contributed by atoms with E-state index >= 15 is 0 Å². The lowest BCUT2D eigenvalue weighted by Gasteiger charge is -2.39. The Labute approximate surface area is 106 Å². The molecule has 3 N–H and O–H groups in total. The summed E-state index contributed by atoms with van der Waals surface area (Å²) in [5.41, 5.74) is 7.32. The van der Waals surface area contributed by atoms with Gasteiger partial charge in [0.15, 0.2) is 0 Å². The maximum Gasteiger partial charge on any atom is 0.438 e. The summed E-state index contributed by atoms with van der Waals surface area (Å²) in [7, 11) is 0. The molecule has 0 spiro atoms.